The molecule has 0 aromatic heterocycles. The lowest BCUT2D eigenvalue weighted by Gasteiger charge is -2.32. The van der Waals surface area contributed by atoms with E-state index >= 15 is 0 Å². The average molecular weight is 818 g/mol. The van der Waals surface area contributed by atoms with Crippen LogP contribution >= 0.6 is 0 Å². The van der Waals surface area contributed by atoms with Gasteiger partial charge < -0.3 is 47.7 Å². The van der Waals surface area contributed by atoms with Gasteiger partial charge in [-0.2, -0.15) is 0 Å². The minimum absolute atomic E-state index is 0.0568. The minimum Gasteiger partial charge on any atom is -0.382 e. The summed E-state index contributed by atoms with van der Waals surface area (Å²) < 4.78 is 44.5. The molecule has 0 bridgehead atoms. The average Bonchev–Trinajstić information content (AvgIpc) is 3.58. The van der Waals surface area contributed by atoms with E-state index in [-0.39, 0.29) is 16.9 Å². The summed E-state index contributed by atoms with van der Waals surface area (Å²) in [6, 6.07) is 17.5. The molecule has 0 amide bonds. The van der Waals surface area contributed by atoms with Crippen molar-refractivity contribution in [2.24, 2.45) is 5.11 Å². The Morgan fingerprint density at radius 1 is 0.593 bits per heavy atom. The molecule has 2 aromatic carbocycles. The van der Waals surface area contributed by atoms with Crippen LogP contribution < -0.4 is 9.80 Å². The first-order valence-corrected chi connectivity index (χ1v) is 20.8. The number of allylic oxidation sites excluding steroid dienone is 7. The van der Waals surface area contributed by atoms with Crippen LogP contribution in [0.2, 0.25) is 0 Å². The van der Waals surface area contributed by atoms with E-state index in [1.165, 1.54) is 28.2 Å². The number of hydrogen-bond donors (Lipinski definition) is 0. The molecule has 1 unspecified atom stereocenters. The van der Waals surface area contributed by atoms with Gasteiger partial charge in [-0.15, -0.1) is 0 Å². The predicted molar refractivity (Wildman–Crippen MR) is 235 cm³/mol. The first-order valence-electron chi connectivity index (χ1n) is 20.8. The number of ether oxygens (including phenoxy) is 8. The number of methoxy groups -OCH3 is 1. The molecular weight excluding hydrogens is 751 g/mol. The van der Waals surface area contributed by atoms with Gasteiger partial charge in [0.2, 0.25) is 0 Å². The van der Waals surface area contributed by atoms with Crippen LogP contribution in [0.5, 0.6) is 0 Å². The first-order chi connectivity index (χ1) is 28.8. The van der Waals surface area contributed by atoms with Gasteiger partial charge >= 0.3 is 0 Å². The summed E-state index contributed by atoms with van der Waals surface area (Å²) >= 11 is 0. The molecule has 0 aliphatic carbocycles. The highest BCUT2D eigenvalue weighted by Crippen LogP contribution is 2.47. The maximum Gasteiger partial charge on any atom is 0.0701 e. The van der Waals surface area contributed by atoms with Crippen LogP contribution in [0.25, 0.3) is 10.4 Å². The summed E-state index contributed by atoms with van der Waals surface area (Å²) in [5.74, 6) is 0. The van der Waals surface area contributed by atoms with Gasteiger partial charge in [-0.1, -0.05) is 106 Å². The second kappa shape index (κ2) is 27.0. The Hall–Kier alpha value is -4.01. The van der Waals surface area contributed by atoms with Crippen LogP contribution in [-0.2, 0) is 48.7 Å². The van der Waals surface area contributed by atoms with Gasteiger partial charge in [0, 0.05) is 59.6 Å². The largest absolute Gasteiger partial charge is 0.382 e. The van der Waals surface area contributed by atoms with Crippen molar-refractivity contribution in [3.63, 3.8) is 0 Å². The zero-order chi connectivity index (χ0) is 42.0. The van der Waals surface area contributed by atoms with E-state index in [1.54, 1.807) is 7.11 Å². The van der Waals surface area contributed by atoms with Gasteiger partial charge in [-0.05, 0) is 34.9 Å². The molecule has 0 saturated carbocycles. The molecule has 4 rings (SSSR count). The van der Waals surface area contributed by atoms with Crippen molar-refractivity contribution in [1.82, 2.24) is 0 Å². The number of anilines is 2. The second-order valence-electron chi connectivity index (χ2n) is 15.1. The maximum absolute atomic E-state index is 8.27. The summed E-state index contributed by atoms with van der Waals surface area (Å²) in [7, 11) is 1.66. The third kappa shape index (κ3) is 15.2. The highest BCUT2D eigenvalue weighted by molar-refractivity contribution is 5.70. The Balaban J connectivity index is 1.23. The number of hydrogen-bond acceptors (Lipinski definition) is 11. The van der Waals surface area contributed by atoms with E-state index in [0.717, 1.165) is 13.1 Å². The van der Waals surface area contributed by atoms with Gasteiger partial charge in [-0.3, -0.25) is 0 Å². The highest BCUT2D eigenvalue weighted by Gasteiger charge is 2.42. The van der Waals surface area contributed by atoms with Crippen molar-refractivity contribution < 1.29 is 37.9 Å². The minimum atomic E-state index is -0.147. The third-order valence-corrected chi connectivity index (χ3v) is 10.4. The van der Waals surface area contributed by atoms with Crippen molar-refractivity contribution >= 4 is 11.4 Å². The monoisotopic (exact) mass is 817 g/mol. The normalized spacial score (nSPS) is 17.5. The molecule has 2 aromatic rings. The van der Waals surface area contributed by atoms with E-state index in [9.17, 15) is 0 Å². The standard InChI is InChI=1S/C46H67N5O8/c1-45(2)39-15-11-13-17-41(39)50(22-25-54-30-33-58-36-35-56-28-27-52-5)43(45)19-9-7-6-8-10-20-44-46(3,4)40-16-12-14-18-42(40)51(44)23-26-55-31-34-59-38-37-57-32-29-53-24-21-48-49-47/h6-20,43H,21-38H2,1-5H3/b7-6+,10-8+,19-9+,44-20+. The molecular formula is C46H67N5O8. The van der Waals surface area contributed by atoms with Crippen LogP contribution in [-0.4, -0.2) is 132 Å². The van der Waals surface area contributed by atoms with Gasteiger partial charge in [0.25, 0.3) is 0 Å². The Labute approximate surface area is 352 Å². The molecule has 2 aliphatic heterocycles. The lowest BCUT2D eigenvalue weighted by Crippen LogP contribution is -2.41. The van der Waals surface area contributed by atoms with E-state index in [2.05, 4.69) is 139 Å². The Kier molecular flexibility index (Phi) is 21.8. The van der Waals surface area contributed by atoms with E-state index in [4.69, 9.17) is 43.4 Å². The van der Waals surface area contributed by atoms with Crippen molar-refractivity contribution in [2.75, 3.05) is 136 Å². The molecule has 0 radical (unpaired) electrons. The smallest absolute Gasteiger partial charge is 0.0701 e. The fourth-order valence-electron chi connectivity index (χ4n) is 7.38. The molecule has 324 valence electrons. The van der Waals surface area contributed by atoms with E-state index < -0.39 is 0 Å². The summed E-state index contributed by atoms with van der Waals surface area (Å²) in [6.45, 7) is 18.9. The highest BCUT2D eigenvalue weighted by atomic mass is 16.6. The summed E-state index contributed by atoms with van der Waals surface area (Å²) in [4.78, 5) is 7.53. The van der Waals surface area contributed by atoms with Gasteiger partial charge in [0.05, 0.1) is 105 Å². The fraction of sp³-hybridized carbons (Fsp3) is 0.565. The summed E-state index contributed by atoms with van der Waals surface area (Å²) in [5, 5.41) is 3.42. The topological polar surface area (TPSA) is 129 Å². The number of fused-ring (bicyclic) bond motifs is 2. The van der Waals surface area contributed by atoms with Gasteiger partial charge in [-0.25, -0.2) is 0 Å². The first kappa shape index (κ1) is 47.7. The third-order valence-electron chi connectivity index (χ3n) is 10.4. The van der Waals surface area contributed by atoms with Gasteiger partial charge in [0.15, 0.2) is 0 Å². The van der Waals surface area contributed by atoms with Crippen LogP contribution in [0.15, 0.2) is 102 Å². The van der Waals surface area contributed by atoms with Crippen LogP contribution in [0.3, 0.4) is 0 Å². The molecule has 1 atom stereocenters. The quantitative estimate of drug-likeness (QED) is 0.0247. The van der Waals surface area contributed by atoms with Crippen molar-refractivity contribution in [3.05, 3.63) is 118 Å². The Morgan fingerprint density at radius 2 is 1.08 bits per heavy atom. The summed E-state index contributed by atoms with van der Waals surface area (Å²) in [6.07, 6.45) is 15.1. The number of para-hydroxylation sites is 2. The molecule has 59 heavy (non-hydrogen) atoms. The van der Waals surface area contributed by atoms with Crippen LogP contribution in [0, 0.1) is 0 Å². The second-order valence-corrected chi connectivity index (χ2v) is 15.1. The lowest BCUT2D eigenvalue weighted by molar-refractivity contribution is -0.000184. The fourth-order valence-corrected chi connectivity index (χ4v) is 7.38. The Morgan fingerprint density at radius 3 is 1.69 bits per heavy atom. The SMILES string of the molecule is COCCOCCOCCOCCN1c2ccccc2C(C)(C)C1/C=C/C=C/C=C/C=C1/N(CCOCCOCCOCCOCCN=[N+]=[N-])c2ccccc2C1(C)C. The molecule has 2 aliphatic rings. The van der Waals surface area contributed by atoms with Crippen molar-refractivity contribution in [1.29, 1.82) is 0 Å². The number of azide groups is 1. The molecule has 0 saturated heterocycles. The van der Waals surface area contributed by atoms with E-state index in [1.807, 2.05) is 0 Å². The number of rotatable bonds is 31. The zero-order valence-corrected chi connectivity index (χ0v) is 36.0. The molecule has 2 heterocycles. The molecule has 0 spiro atoms. The molecule has 13 nitrogen and oxygen atoms in total. The van der Waals surface area contributed by atoms with Crippen molar-refractivity contribution in [2.45, 2.75) is 44.6 Å². The summed E-state index contributed by atoms with van der Waals surface area (Å²) in [5.41, 5.74) is 14.4. The van der Waals surface area contributed by atoms with Gasteiger partial charge in [0.1, 0.15) is 0 Å². The zero-order valence-electron chi connectivity index (χ0n) is 36.0. The number of nitrogens with zero attached hydrogens (tertiary/aromatic N) is 5. The van der Waals surface area contributed by atoms with Crippen LogP contribution in [0.4, 0.5) is 11.4 Å². The van der Waals surface area contributed by atoms with E-state index in [0.29, 0.717) is 106 Å². The van der Waals surface area contributed by atoms with Crippen molar-refractivity contribution in [3.8, 4) is 0 Å². The molecule has 0 N–H and O–H groups in total. The molecule has 0 fully saturated rings. The lowest BCUT2D eigenvalue weighted by atomic mass is 9.80. The number of benzene rings is 2. The Bertz CT molecular complexity index is 1670. The maximum atomic E-state index is 8.27. The predicted octanol–water partition coefficient (Wildman–Crippen LogP) is 7.58. The van der Waals surface area contributed by atoms with Crippen LogP contribution in [0.1, 0.15) is 38.8 Å². The molecule has 13 heteroatoms.